The van der Waals surface area contributed by atoms with Crippen LogP contribution in [0.3, 0.4) is 0 Å². The first kappa shape index (κ1) is 13.9. The summed E-state index contributed by atoms with van der Waals surface area (Å²) in [7, 11) is 0. The molecule has 0 amide bonds. The Morgan fingerprint density at radius 1 is 1.61 bits per heavy atom. The third kappa shape index (κ3) is 2.45. The SMILES string of the molecule is CCn1nc(C)c(Cl)c1CC(=O)C1(C)CCCS1. The molecule has 1 atom stereocenters. The van der Waals surface area contributed by atoms with Crippen LogP contribution >= 0.6 is 23.4 Å². The van der Waals surface area contributed by atoms with E-state index >= 15 is 0 Å². The molecule has 5 heteroatoms. The van der Waals surface area contributed by atoms with Crippen LogP contribution in [0.5, 0.6) is 0 Å². The van der Waals surface area contributed by atoms with Crippen LogP contribution in [0.25, 0.3) is 0 Å². The molecule has 2 heterocycles. The molecule has 1 aromatic rings. The van der Waals surface area contributed by atoms with Crippen molar-refractivity contribution in [3.8, 4) is 0 Å². The fraction of sp³-hybridized carbons (Fsp3) is 0.692. The Morgan fingerprint density at radius 3 is 2.89 bits per heavy atom. The number of carbonyl (C=O) groups excluding carboxylic acids is 1. The molecule has 0 saturated carbocycles. The molecule has 0 aliphatic carbocycles. The molecule has 1 unspecified atom stereocenters. The highest BCUT2D eigenvalue weighted by Gasteiger charge is 2.37. The van der Waals surface area contributed by atoms with E-state index in [1.807, 2.05) is 18.5 Å². The fourth-order valence-electron chi connectivity index (χ4n) is 2.38. The van der Waals surface area contributed by atoms with Crippen LogP contribution in [-0.4, -0.2) is 26.1 Å². The number of nitrogens with zero attached hydrogens (tertiary/aromatic N) is 2. The number of aryl methyl sites for hydroxylation is 2. The summed E-state index contributed by atoms with van der Waals surface area (Å²) in [6, 6.07) is 0. The first-order valence-corrected chi connectivity index (χ1v) is 7.73. The normalized spacial score (nSPS) is 23.6. The average molecular weight is 287 g/mol. The van der Waals surface area contributed by atoms with E-state index in [0.29, 0.717) is 11.4 Å². The van der Waals surface area contributed by atoms with Crippen LogP contribution in [-0.2, 0) is 17.8 Å². The molecule has 0 spiro atoms. The van der Waals surface area contributed by atoms with Gasteiger partial charge in [-0.3, -0.25) is 9.48 Å². The largest absolute Gasteiger partial charge is 0.298 e. The Labute approximate surface area is 117 Å². The first-order valence-electron chi connectivity index (χ1n) is 6.37. The van der Waals surface area contributed by atoms with Gasteiger partial charge >= 0.3 is 0 Å². The highest BCUT2D eigenvalue weighted by molar-refractivity contribution is 8.01. The second-order valence-electron chi connectivity index (χ2n) is 4.94. The van der Waals surface area contributed by atoms with Gasteiger partial charge in [-0.05, 0) is 39.4 Å². The predicted octanol–water partition coefficient (Wildman–Crippen LogP) is 3.26. The van der Waals surface area contributed by atoms with Crippen molar-refractivity contribution < 1.29 is 4.79 Å². The molecule has 18 heavy (non-hydrogen) atoms. The molecule has 1 saturated heterocycles. The van der Waals surface area contributed by atoms with E-state index in [4.69, 9.17) is 11.6 Å². The number of carbonyl (C=O) groups is 1. The van der Waals surface area contributed by atoms with Crippen LogP contribution < -0.4 is 0 Å². The number of halogens is 1. The monoisotopic (exact) mass is 286 g/mol. The predicted molar refractivity (Wildman–Crippen MR) is 76.5 cm³/mol. The minimum Gasteiger partial charge on any atom is -0.298 e. The van der Waals surface area contributed by atoms with Gasteiger partial charge < -0.3 is 0 Å². The van der Waals surface area contributed by atoms with Crippen LogP contribution in [0.4, 0.5) is 0 Å². The Bertz CT molecular complexity index is 464. The second kappa shape index (κ2) is 5.25. The second-order valence-corrected chi connectivity index (χ2v) is 6.92. The Kier molecular flexibility index (Phi) is 4.07. The zero-order valence-electron chi connectivity index (χ0n) is 11.1. The van der Waals surface area contributed by atoms with E-state index in [-0.39, 0.29) is 10.5 Å². The quantitative estimate of drug-likeness (QED) is 0.852. The Morgan fingerprint density at radius 2 is 2.33 bits per heavy atom. The zero-order valence-corrected chi connectivity index (χ0v) is 12.7. The van der Waals surface area contributed by atoms with Crippen molar-refractivity contribution in [3.05, 3.63) is 16.4 Å². The van der Waals surface area contributed by atoms with Crippen LogP contribution in [0.15, 0.2) is 0 Å². The van der Waals surface area contributed by atoms with Crippen LogP contribution in [0, 0.1) is 6.92 Å². The van der Waals surface area contributed by atoms with E-state index in [9.17, 15) is 4.79 Å². The number of rotatable bonds is 4. The smallest absolute Gasteiger partial charge is 0.154 e. The van der Waals surface area contributed by atoms with Gasteiger partial charge in [-0.15, -0.1) is 11.8 Å². The third-order valence-electron chi connectivity index (χ3n) is 3.59. The van der Waals surface area contributed by atoms with Gasteiger partial charge in [0.1, 0.15) is 0 Å². The number of ketones is 1. The lowest BCUT2D eigenvalue weighted by Crippen LogP contribution is -2.31. The van der Waals surface area contributed by atoms with E-state index in [1.165, 1.54) is 0 Å². The summed E-state index contributed by atoms with van der Waals surface area (Å²) >= 11 is 8.02. The maximum Gasteiger partial charge on any atom is 0.154 e. The van der Waals surface area contributed by atoms with E-state index in [1.54, 1.807) is 11.8 Å². The van der Waals surface area contributed by atoms with E-state index < -0.39 is 0 Å². The number of aromatic nitrogens is 2. The summed E-state index contributed by atoms with van der Waals surface area (Å²) in [4.78, 5) is 12.4. The van der Waals surface area contributed by atoms with Crippen molar-refractivity contribution in [1.29, 1.82) is 0 Å². The minimum atomic E-state index is -0.222. The molecule has 0 N–H and O–H groups in total. The Hall–Kier alpha value is -0.480. The van der Waals surface area contributed by atoms with Gasteiger partial charge in [0.2, 0.25) is 0 Å². The number of hydrogen-bond acceptors (Lipinski definition) is 3. The van der Waals surface area contributed by atoms with Gasteiger partial charge in [0.15, 0.2) is 5.78 Å². The third-order valence-corrected chi connectivity index (χ3v) is 5.64. The number of thioether (sulfide) groups is 1. The van der Waals surface area contributed by atoms with E-state index in [0.717, 1.165) is 36.5 Å². The molecule has 0 radical (unpaired) electrons. The maximum absolute atomic E-state index is 12.4. The Balaban J connectivity index is 2.21. The number of hydrogen-bond donors (Lipinski definition) is 0. The van der Waals surface area contributed by atoms with Crippen molar-refractivity contribution >= 4 is 29.1 Å². The van der Waals surface area contributed by atoms with Crippen LogP contribution in [0.2, 0.25) is 5.02 Å². The van der Waals surface area contributed by atoms with E-state index in [2.05, 4.69) is 12.0 Å². The summed E-state index contributed by atoms with van der Waals surface area (Å²) in [5, 5.41) is 5.01. The summed E-state index contributed by atoms with van der Waals surface area (Å²) < 4.78 is 1.62. The van der Waals surface area contributed by atoms with Crippen molar-refractivity contribution in [2.75, 3.05) is 5.75 Å². The van der Waals surface area contributed by atoms with Gasteiger partial charge in [-0.25, -0.2) is 0 Å². The lowest BCUT2D eigenvalue weighted by molar-refractivity contribution is -0.120. The summed E-state index contributed by atoms with van der Waals surface area (Å²) in [5.41, 5.74) is 1.68. The molecule has 3 nitrogen and oxygen atoms in total. The van der Waals surface area contributed by atoms with Gasteiger partial charge in [0.25, 0.3) is 0 Å². The number of Topliss-reactive ketones (excluding diaryl/α,β-unsaturated/α-hetero) is 1. The summed E-state index contributed by atoms with van der Waals surface area (Å²) in [5.74, 6) is 1.36. The molecule has 1 aromatic heterocycles. The zero-order chi connectivity index (χ0) is 13.3. The topological polar surface area (TPSA) is 34.9 Å². The summed E-state index contributed by atoms with van der Waals surface area (Å²) in [6.07, 6.45) is 2.51. The molecule has 1 aliphatic rings. The first-order chi connectivity index (χ1) is 8.48. The van der Waals surface area contributed by atoms with Gasteiger partial charge in [0.05, 0.1) is 27.6 Å². The van der Waals surface area contributed by atoms with Gasteiger partial charge in [-0.2, -0.15) is 5.10 Å². The van der Waals surface area contributed by atoms with Crippen molar-refractivity contribution in [2.24, 2.45) is 0 Å². The van der Waals surface area contributed by atoms with Gasteiger partial charge in [-0.1, -0.05) is 11.6 Å². The highest BCUT2D eigenvalue weighted by atomic mass is 35.5. The molecule has 100 valence electrons. The van der Waals surface area contributed by atoms with Crippen molar-refractivity contribution in [2.45, 2.75) is 51.3 Å². The van der Waals surface area contributed by atoms with Crippen molar-refractivity contribution in [1.82, 2.24) is 9.78 Å². The fourth-order valence-corrected chi connectivity index (χ4v) is 3.84. The van der Waals surface area contributed by atoms with Crippen molar-refractivity contribution in [3.63, 3.8) is 0 Å². The summed E-state index contributed by atoms with van der Waals surface area (Å²) in [6.45, 7) is 6.71. The minimum absolute atomic E-state index is 0.222. The molecule has 0 aromatic carbocycles. The van der Waals surface area contributed by atoms with Gasteiger partial charge in [0, 0.05) is 6.54 Å². The molecule has 2 rings (SSSR count). The highest BCUT2D eigenvalue weighted by Crippen LogP contribution is 2.39. The van der Waals surface area contributed by atoms with Crippen LogP contribution in [0.1, 0.15) is 38.1 Å². The molecule has 1 aliphatic heterocycles. The molecular weight excluding hydrogens is 268 g/mol. The standard InChI is InChI=1S/C13H19ClN2OS/c1-4-16-10(12(14)9(2)15-16)8-11(17)13(3)6-5-7-18-13/h4-8H2,1-3H3. The maximum atomic E-state index is 12.4. The molecular formula is C13H19ClN2OS. The average Bonchev–Trinajstić information content (AvgIpc) is 2.89. The lowest BCUT2D eigenvalue weighted by atomic mass is 9.97. The molecule has 0 bridgehead atoms. The molecule has 1 fully saturated rings. The lowest BCUT2D eigenvalue weighted by Gasteiger charge is -2.21.